The summed E-state index contributed by atoms with van der Waals surface area (Å²) in [6.45, 7) is 1.97. The number of guanidine groups is 1. The number of hydrogen-bond acceptors (Lipinski definition) is 2. The Kier molecular flexibility index (Phi) is 8.90. The SMILES string of the molecule is Cc1ccc(Br)cc1NC(=O)CN=C(N)NC1CCCCC1.I. The van der Waals surface area contributed by atoms with Crippen LogP contribution < -0.4 is 16.4 Å². The summed E-state index contributed by atoms with van der Waals surface area (Å²) in [6.07, 6.45) is 6.00. The number of anilines is 1. The van der Waals surface area contributed by atoms with Crippen molar-refractivity contribution in [3.63, 3.8) is 0 Å². The molecule has 128 valence electrons. The van der Waals surface area contributed by atoms with Crippen molar-refractivity contribution in [2.75, 3.05) is 11.9 Å². The van der Waals surface area contributed by atoms with E-state index in [0.29, 0.717) is 12.0 Å². The third-order valence-corrected chi connectivity index (χ3v) is 4.32. The van der Waals surface area contributed by atoms with E-state index in [0.717, 1.165) is 28.6 Å². The number of amides is 1. The van der Waals surface area contributed by atoms with E-state index >= 15 is 0 Å². The molecule has 0 aliphatic heterocycles. The highest BCUT2D eigenvalue weighted by atomic mass is 127. The van der Waals surface area contributed by atoms with Crippen molar-refractivity contribution >= 4 is 57.5 Å². The summed E-state index contributed by atoms with van der Waals surface area (Å²) in [4.78, 5) is 16.1. The van der Waals surface area contributed by atoms with Gasteiger partial charge in [0.1, 0.15) is 6.54 Å². The van der Waals surface area contributed by atoms with Gasteiger partial charge < -0.3 is 16.4 Å². The van der Waals surface area contributed by atoms with E-state index in [1.165, 1.54) is 19.3 Å². The quantitative estimate of drug-likeness (QED) is 0.340. The van der Waals surface area contributed by atoms with Crippen LogP contribution in [0.15, 0.2) is 27.7 Å². The van der Waals surface area contributed by atoms with Gasteiger partial charge in [-0.1, -0.05) is 41.3 Å². The molecule has 0 radical (unpaired) electrons. The van der Waals surface area contributed by atoms with Crippen LogP contribution in [0.2, 0.25) is 0 Å². The molecule has 0 unspecified atom stereocenters. The molecular formula is C16H24BrIN4O. The Hall–Kier alpha value is -0.830. The van der Waals surface area contributed by atoms with E-state index in [9.17, 15) is 4.79 Å². The Morgan fingerprint density at radius 2 is 2.04 bits per heavy atom. The summed E-state index contributed by atoms with van der Waals surface area (Å²) in [7, 11) is 0. The maximum absolute atomic E-state index is 12.0. The fourth-order valence-electron chi connectivity index (χ4n) is 2.58. The lowest BCUT2D eigenvalue weighted by molar-refractivity contribution is -0.114. The van der Waals surface area contributed by atoms with Crippen LogP contribution in [0, 0.1) is 6.92 Å². The van der Waals surface area contributed by atoms with E-state index in [1.807, 2.05) is 25.1 Å². The number of benzene rings is 1. The van der Waals surface area contributed by atoms with Crippen LogP contribution in [0.25, 0.3) is 0 Å². The van der Waals surface area contributed by atoms with Gasteiger partial charge in [-0.2, -0.15) is 0 Å². The third kappa shape index (κ3) is 7.07. The summed E-state index contributed by atoms with van der Waals surface area (Å²) in [5.74, 6) is 0.183. The van der Waals surface area contributed by atoms with Crippen LogP contribution >= 0.6 is 39.9 Å². The summed E-state index contributed by atoms with van der Waals surface area (Å²) < 4.78 is 0.926. The van der Waals surface area contributed by atoms with Gasteiger partial charge in [0.2, 0.25) is 5.91 Å². The van der Waals surface area contributed by atoms with Crippen LogP contribution in [-0.4, -0.2) is 24.5 Å². The fourth-order valence-corrected chi connectivity index (χ4v) is 2.94. The number of nitrogens with two attached hydrogens (primary N) is 1. The molecule has 0 atom stereocenters. The number of aryl methyl sites for hydroxylation is 1. The Morgan fingerprint density at radius 3 is 2.74 bits per heavy atom. The number of halogens is 2. The van der Waals surface area contributed by atoms with Crippen LogP contribution in [0.3, 0.4) is 0 Å². The molecule has 1 saturated carbocycles. The van der Waals surface area contributed by atoms with E-state index in [2.05, 4.69) is 31.6 Å². The number of nitrogens with zero attached hydrogens (tertiary/aromatic N) is 1. The monoisotopic (exact) mass is 494 g/mol. The van der Waals surface area contributed by atoms with Crippen molar-refractivity contribution in [1.82, 2.24) is 5.32 Å². The highest BCUT2D eigenvalue weighted by molar-refractivity contribution is 14.0. The van der Waals surface area contributed by atoms with Crippen molar-refractivity contribution in [2.45, 2.75) is 45.1 Å². The minimum absolute atomic E-state index is 0. The number of hydrogen-bond donors (Lipinski definition) is 3. The first-order valence-electron chi connectivity index (χ1n) is 7.67. The average molecular weight is 495 g/mol. The van der Waals surface area contributed by atoms with E-state index < -0.39 is 0 Å². The zero-order chi connectivity index (χ0) is 15.9. The Labute approximate surface area is 163 Å². The Morgan fingerprint density at radius 1 is 1.35 bits per heavy atom. The Balaban J connectivity index is 0.00000264. The van der Waals surface area contributed by atoms with Crippen LogP contribution in [-0.2, 0) is 4.79 Å². The topological polar surface area (TPSA) is 79.5 Å². The molecule has 0 bridgehead atoms. The molecule has 1 amide bonds. The number of rotatable bonds is 4. The Bertz CT molecular complexity index is 559. The number of carbonyl (C=O) groups is 1. The molecular weight excluding hydrogens is 471 g/mol. The smallest absolute Gasteiger partial charge is 0.246 e. The van der Waals surface area contributed by atoms with Gasteiger partial charge in [0.05, 0.1) is 0 Å². The number of carbonyl (C=O) groups excluding carboxylic acids is 1. The maximum Gasteiger partial charge on any atom is 0.246 e. The van der Waals surface area contributed by atoms with Gasteiger partial charge in [-0.05, 0) is 37.5 Å². The second-order valence-electron chi connectivity index (χ2n) is 5.69. The molecule has 1 aliphatic rings. The van der Waals surface area contributed by atoms with Crippen LogP contribution in [0.4, 0.5) is 5.69 Å². The minimum atomic E-state index is -0.172. The molecule has 1 fully saturated rings. The first-order chi connectivity index (χ1) is 10.5. The molecule has 2 rings (SSSR count). The van der Waals surface area contributed by atoms with E-state index in [4.69, 9.17) is 5.73 Å². The lowest BCUT2D eigenvalue weighted by Gasteiger charge is -2.23. The summed E-state index contributed by atoms with van der Waals surface area (Å²) in [6, 6.07) is 6.16. The number of aliphatic imine (C=N–C) groups is 1. The fraction of sp³-hybridized carbons (Fsp3) is 0.500. The molecule has 23 heavy (non-hydrogen) atoms. The highest BCUT2D eigenvalue weighted by Crippen LogP contribution is 2.20. The third-order valence-electron chi connectivity index (χ3n) is 3.82. The predicted octanol–water partition coefficient (Wildman–Crippen LogP) is 3.55. The predicted molar refractivity (Wildman–Crippen MR) is 109 cm³/mol. The average Bonchev–Trinajstić information content (AvgIpc) is 2.50. The molecule has 5 nitrogen and oxygen atoms in total. The van der Waals surface area contributed by atoms with Gasteiger partial charge in [0.15, 0.2) is 5.96 Å². The van der Waals surface area contributed by atoms with Crippen LogP contribution in [0.1, 0.15) is 37.7 Å². The van der Waals surface area contributed by atoms with Gasteiger partial charge >= 0.3 is 0 Å². The first kappa shape index (κ1) is 20.2. The van der Waals surface area contributed by atoms with Gasteiger partial charge in [-0.3, -0.25) is 4.79 Å². The molecule has 1 aliphatic carbocycles. The standard InChI is InChI=1S/C16H23BrN4O.HI/c1-11-7-8-12(17)9-14(11)21-15(22)10-19-16(18)20-13-5-3-2-4-6-13;/h7-9,13H,2-6,10H2,1H3,(H,21,22)(H3,18,19,20);1H. The zero-order valence-corrected chi connectivity index (χ0v) is 17.2. The van der Waals surface area contributed by atoms with Crippen molar-refractivity contribution < 1.29 is 4.79 Å². The molecule has 1 aromatic rings. The number of nitrogens with one attached hydrogen (secondary N) is 2. The largest absolute Gasteiger partial charge is 0.370 e. The van der Waals surface area contributed by atoms with E-state index in [-0.39, 0.29) is 36.4 Å². The first-order valence-corrected chi connectivity index (χ1v) is 8.46. The minimum Gasteiger partial charge on any atom is -0.370 e. The molecule has 0 spiro atoms. The molecule has 1 aromatic carbocycles. The second kappa shape index (κ2) is 10.1. The summed E-state index contributed by atoms with van der Waals surface area (Å²) in [5, 5.41) is 6.05. The molecule has 4 N–H and O–H groups in total. The van der Waals surface area contributed by atoms with Gasteiger partial charge in [-0.15, -0.1) is 24.0 Å². The zero-order valence-electron chi connectivity index (χ0n) is 13.3. The van der Waals surface area contributed by atoms with Gasteiger partial charge in [0.25, 0.3) is 0 Å². The summed E-state index contributed by atoms with van der Waals surface area (Å²) >= 11 is 3.39. The van der Waals surface area contributed by atoms with Gasteiger partial charge in [0, 0.05) is 16.2 Å². The molecule has 0 saturated heterocycles. The maximum atomic E-state index is 12.0. The van der Waals surface area contributed by atoms with Crippen molar-refractivity contribution in [1.29, 1.82) is 0 Å². The highest BCUT2D eigenvalue weighted by Gasteiger charge is 2.13. The molecule has 0 aromatic heterocycles. The van der Waals surface area contributed by atoms with Gasteiger partial charge in [-0.25, -0.2) is 4.99 Å². The molecule has 7 heteroatoms. The normalized spacial score (nSPS) is 15.7. The lowest BCUT2D eigenvalue weighted by Crippen LogP contribution is -2.41. The van der Waals surface area contributed by atoms with Crippen LogP contribution in [0.5, 0.6) is 0 Å². The molecule has 0 heterocycles. The lowest BCUT2D eigenvalue weighted by atomic mass is 9.96. The van der Waals surface area contributed by atoms with E-state index in [1.54, 1.807) is 0 Å². The van der Waals surface area contributed by atoms with Crippen molar-refractivity contribution in [2.24, 2.45) is 10.7 Å². The van der Waals surface area contributed by atoms with Crippen molar-refractivity contribution in [3.05, 3.63) is 28.2 Å². The second-order valence-corrected chi connectivity index (χ2v) is 6.60. The summed E-state index contributed by atoms with van der Waals surface area (Å²) in [5.41, 5.74) is 7.65. The van der Waals surface area contributed by atoms with Crippen molar-refractivity contribution in [3.8, 4) is 0 Å².